The first-order valence-electron chi connectivity index (χ1n) is 21.1. The Balaban J connectivity index is -0.000000722. The summed E-state index contributed by atoms with van der Waals surface area (Å²) < 4.78 is 4.32. The first-order chi connectivity index (χ1) is 25.1. The molecule has 0 unspecified atom stereocenters. The van der Waals surface area contributed by atoms with Crippen LogP contribution in [0.1, 0.15) is 219 Å². The molecule has 1 aliphatic heterocycles. The number of ether oxygens (including phenoxy) is 1. The number of aliphatic carboxylic acids is 2. The Bertz CT molecular complexity index is 823. The van der Waals surface area contributed by atoms with Gasteiger partial charge in [-0.3, -0.25) is 0 Å². The number of cyclic esters (lactones) is 1. The quantitative estimate of drug-likeness (QED) is 0.0282. The molecule has 10 nitrogen and oxygen atoms in total. The van der Waals surface area contributed by atoms with Crippen LogP contribution in [-0.4, -0.2) is 80.2 Å². The fraction of sp³-hybridized carbons (Fsp3) is 0.881. The van der Waals surface area contributed by atoms with Crippen molar-refractivity contribution in [2.45, 2.75) is 232 Å². The van der Waals surface area contributed by atoms with E-state index in [1.165, 1.54) is 167 Å². The number of aliphatic hydroxyl groups excluding tert-OH is 4. The third-order valence-electron chi connectivity index (χ3n) is 9.44. The van der Waals surface area contributed by atoms with E-state index in [4.69, 9.17) is 20.4 Å². The van der Waals surface area contributed by atoms with Crippen LogP contribution in [0.4, 0.5) is 0 Å². The van der Waals surface area contributed by atoms with Gasteiger partial charge < -0.3 is 45.0 Å². The molecular weight excluding hydrogens is 689 g/mol. The maximum Gasteiger partial charge on any atom is 2.00 e. The van der Waals surface area contributed by atoms with Crippen LogP contribution in [0.15, 0.2) is 11.5 Å². The van der Waals surface area contributed by atoms with Crippen molar-refractivity contribution in [2.75, 3.05) is 6.61 Å². The van der Waals surface area contributed by atoms with Crippen LogP contribution in [0.3, 0.4) is 0 Å². The second-order valence-electron chi connectivity index (χ2n) is 14.5. The largest absolute Gasteiger partial charge is 2.00 e. The summed E-state index contributed by atoms with van der Waals surface area (Å²) in [5, 5.41) is 55.5. The Morgan fingerprint density at radius 2 is 0.792 bits per heavy atom. The number of rotatable bonds is 34. The van der Waals surface area contributed by atoms with Crippen molar-refractivity contribution in [1.82, 2.24) is 0 Å². The van der Waals surface area contributed by atoms with Crippen molar-refractivity contribution >= 4 is 41.0 Å². The summed E-state index contributed by atoms with van der Waals surface area (Å²) >= 11 is 0. The van der Waals surface area contributed by atoms with E-state index in [2.05, 4.69) is 18.6 Å². The van der Waals surface area contributed by atoms with Crippen molar-refractivity contribution < 1.29 is 49.8 Å². The van der Waals surface area contributed by atoms with Crippen molar-refractivity contribution in [1.29, 1.82) is 0 Å². The summed E-state index contributed by atoms with van der Waals surface area (Å²) in [6.45, 7) is 3.86. The third-order valence-corrected chi connectivity index (χ3v) is 9.44. The van der Waals surface area contributed by atoms with Gasteiger partial charge in [-0.05, 0) is 25.7 Å². The molecule has 1 rings (SSSR count). The van der Waals surface area contributed by atoms with Crippen molar-refractivity contribution in [3.63, 3.8) is 0 Å². The van der Waals surface area contributed by atoms with E-state index >= 15 is 0 Å². The number of carboxylic acid groups (broad SMARTS) is 2. The van der Waals surface area contributed by atoms with Gasteiger partial charge in [0.2, 0.25) is 5.76 Å². The van der Waals surface area contributed by atoms with Crippen molar-refractivity contribution in [3.8, 4) is 0 Å². The average molecular weight is 767 g/mol. The zero-order valence-corrected chi connectivity index (χ0v) is 35.3. The molecule has 0 aliphatic carbocycles. The van der Waals surface area contributed by atoms with Crippen LogP contribution in [0, 0.1) is 0 Å². The van der Waals surface area contributed by atoms with Gasteiger partial charge in [0, 0.05) is 11.9 Å². The molecule has 0 saturated heterocycles. The molecule has 0 aromatic heterocycles. The monoisotopic (exact) mass is 767 g/mol. The van der Waals surface area contributed by atoms with Crippen LogP contribution in [0.5, 0.6) is 0 Å². The maximum absolute atomic E-state index is 10.5. The van der Waals surface area contributed by atoms with Gasteiger partial charge in [-0.1, -0.05) is 194 Å². The zero-order valence-electron chi connectivity index (χ0n) is 33.9. The Kier molecular flexibility index (Phi) is 45.4. The minimum absolute atomic E-state index is 0. The van der Waals surface area contributed by atoms with Gasteiger partial charge in [0.1, 0.15) is 6.10 Å². The van der Waals surface area contributed by atoms with Crippen LogP contribution in [0.2, 0.25) is 0 Å². The summed E-state index contributed by atoms with van der Waals surface area (Å²) in [4.78, 5) is 31.0. The standard InChI is InChI=1S/2C18H36O2.C6H8O6.Mg/c2*1-2-3-4-5-6-7-8-9-10-11-12-13-14-15-16-17-18(19)20;7-1-2(8)5-3(9)4(10)6(11)12-5;/h2*2-17H2,1H3,(H,19,20);2,5,7-10H,1H2;/q;;;+2/p-2/t;;2-,5+;/m..0./s1. The molecule has 1 heterocycles. The number of carbonyl (C=O) groups is 3. The molecule has 0 saturated carbocycles. The predicted octanol–water partition coefficient (Wildman–Crippen LogP) is 8.21. The van der Waals surface area contributed by atoms with Crippen LogP contribution in [0.25, 0.3) is 0 Å². The first-order valence-corrected chi connectivity index (χ1v) is 21.1. The molecule has 308 valence electrons. The van der Waals surface area contributed by atoms with E-state index in [-0.39, 0.29) is 35.9 Å². The van der Waals surface area contributed by atoms with Crippen molar-refractivity contribution in [3.05, 3.63) is 11.5 Å². The number of esters is 1. The molecule has 0 amide bonds. The van der Waals surface area contributed by atoms with Crippen LogP contribution in [-0.2, 0) is 19.1 Å². The Hall–Kier alpha value is -1.56. The molecule has 0 bridgehead atoms. The molecule has 2 atom stereocenters. The van der Waals surface area contributed by atoms with E-state index < -0.39 is 48.2 Å². The molecular formula is C42H78MgO10. The van der Waals surface area contributed by atoms with E-state index in [0.29, 0.717) is 0 Å². The molecule has 53 heavy (non-hydrogen) atoms. The Morgan fingerprint density at radius 1 is 0.547 bits per heavy atom. The van der Waals surface area contributed by atoms with E-state index in [9.17, 15) is 24.6 Å². The Labute approximate surface area is 339 Å². The molecule has 1 aliphatic rings. The van der Waals surface area contributed by atoms with E-state index in [1.807, 2.05) is 0 Å². The van der Waals surface area contributed by atoms with Gasteiger partial charge in [-0.25, -0.2) is 4.79 Å². The van der Waals surface area contributed by atoms with Gasteiger partial charge in [0.05, 0.1) is 6.61 Å². The summed E-state index contributed by atoms with van der Waals surface area (Å²) in [5.41, 5.74) is 0. The van der Waals surface area contributed by atoms with Crippen LogP contribution < -0.4 is 10.2 Å². The molecule has 11 heteroatoms. The van der Waals surface area contributed by atoms with Gasteiger partial charge in [-0.15, -0.1) is 0 Å². The number of carboxylic acids is 2. The predicted molar refractivity (Wildman–Crippen MR) is 210 cm³/mol. The first kappa shape index (κ1) is 55.8. The SMILES string of the molecule is CCCCCCCCCCCCCCCCCC(=O)[O-].CCCCCCCCCCCCCCCCCC(=O)[O-].O=C1O[C@H]([C@@H](O)CO)C(O)=C1O.[Mg+2]. The Morgan fingerprint density at radius 3 is 0.981 bits per heavy atom. The summed E-state index contributed by atoms with van der Waals surface area (Å²) in [7, 11) is 0. The number of hydrogen-bond acceptors (Lipinski definition) is 10. The number of carbonyl (C=O) groups excluding carboxylic acids is 3. The maximum atomic E-state index is 10.5. The molecule has 0 aromatic carbocycles. The average Bonchev–Trinajstić information content (AvgIpc) is 3.38. The normalized spacial score (nSPS) is 14.0. The van der Waals surface area contributed by atoms with Gasteiger partial charge >= 0.3 is 29.0 Å². The number of hydrogen-bond donors (Lipinski definition) is 4. The molecule has 0 spiro atoms. The third kappa shape index (κ3) is 39.9. The smallest absolute Gasteiger partial charge is 0.550 e. The second kappa shape index (κ2) is 43.2. The van der Waals surface area contributed by atoms with Gasteiger partial charge in [0.15, 0.2) is 11.9 Å². The minimum Gasteiger partial charge on any atom is -0.550 e. The van der Waals surface area contributed by atoms with Crippen molar-refractivity contribution in [2.24, 2.45) is 0 Å². The summed E-state index contributed by atoms with van der Waals surface area (Å²) in [6.07, 6.45) is 36.9. The van der Waals surface area contributed by atoms with E-state index in [0.717, 1.165) is 25.7 Å². The van der Waals surface area contributed by atoms with Gasteiger partial charge in [-0.2, -0.15) is 0 Å². The van der Waals surface area contributed by atoms with Crippen LogP contribution >= 0.6 is 0 Å². The molecule has 0 fully saturated rings. The summed E-state index contributed by atoms with van der Waals surface area (Å²) in [5.74, 6) is -4.58. The molecule has 0 radical (unpaired) electrons. The second-order valence-corrected chi connectivity index (χ2v) is 14.5. The zero-order chi connectivity index (χ0) is 39.1. The fourth-order valence-electron chi connectivity index (χ4n) is 6.10. The molecule has 0 aromatic rings. The number of aliphatic hydroxyl groups is 4. The minimum atomic E-state index is -1.42. The van der Waals surface area contributed by atoms with E-state index in [1.54, 1.807) is 0 Å². The fourth-order valence-corrected chi connectivity index (χ4v) is 6.10. The van der Waals surface area contributed by atoms with Gasteiger partial charge in [0.25, 0.3) is 0 Å². The summed E-state index contributed by atoms with van der Waals surface area (Å²) in [6, 6.07) is 0. The topological polar surface area (TPSA) is 187 Å². The molecule has 4 N–H and O–H groups in total. The number of unbranched alkanes of at least 4 members (excludes halogenated alkanes) is 28.